The van der Waals surface area contributed by atoms with E-state index in [9.17, 15) is 22.8 Å². The number of carbonyl (C=O) groups is 2. The van der Waals surface area contributed by atoms with Gasteiger partial charge in [-0.1, -0.05) is 0 Å². The molecule has 122 valence electrons. The van der Waals surface area contributed by atoms with E-state index < -0.39 is 29.5 Å². The van der Waals surface area contributed by atoms with E-state index in [0.29, 0.717) is 0 Å². The Morgan fingerprint density at radius 2 is 1.82 bits per heavy atom. The summed E-state index contributed by atoms with van der Waals surface area (Å²) >= 11 is 0. The number of ether oxygens (including phenoxy) is 1. The highest BCUT2D eigenvalue weighted by molar-refractivity contribution is 5.96. The number of rotatable bonds is 6. The summed E-state index contributed by atoms with van der Waals surface area (Å²) in [5, 5.41) is 8.73. The molecule has 0 fully saturated rings. The third-order valence-corrected chi connectivity index (χ3v) is 2.99. The second-order valence-corrected chi connectivity index (χ2v) is 4.69. The minimum atomic E-state index is -4.40. The molecule has 0 aliphatic heterocycles. The van der Waals surface area contributed by atoms with Gasteiger partial charge in [0.1, 0.15) is 18.3 Å². The van der Waals surface area contributed by atoms with Crippen molar-refractivity contribution in [1.82, 2.24) is 4.90 Å². The lowest BCUT2D eigenvalue weighted by Gasteiger charge is -2.19. The van der Waals surface area contributed by atoms with Crippen LogP contribution in [0.15, 0.2) is 24.3 Å². The average Bonchev–Trinajstić information content (AvgIpc) is 2.45. The molecule has 0 heterocycles. The van der Waals surface area contributed by atoms with Crippen LogP contribution in [0.5, 0.6) is 5.75 Å². The highest BCUT2D eigenvalue weighted by Gasteiger charge is 2.30. The Balaban J connectivity index is 2.47. The molecule has 1 rings (SSSR count). The zero-order valence-corrected chi connectivity index (χ0v) is 12.1. The maximum Gasteiger partial charge on any atom is 0.416 e. The number of carboxylic acids is 1. The van der Waals surface area contributed by atoms with Crippen LogP contribution in [0.25, 0.3) is 0 Å². The fraction of sp³-hybridized carbons (Fsp3) is 0.429. The summed E-state index contributed by atoms with van der Waals surface area (Å²) in [5.74, 6) is -2.71. The molecule has 0 saturated carbocycles. The predicted molar refractivity (Wildman–Crippen MR) is 71.4 cm³/mol. The molecule has 22 heavy (non-hydrogen) atoms. The standard InChI is InChI=1S/C14H16F3NO4/c1-9(13(20)21)12(19)18(2)7-8-22-11-5-3-10(4-6-11)14(15,16)17/h3-6,9H,7-8H2,1-2H3,(H,20,21). The first kappa shape index (κ1) is 17.8. The molecule has 8 heteroatoms. The van der Waals surface area contributed by atoms with Gasteiger partial charge in [0.25, 0.3) is 0 Å². The Morgan fingerprint density at radius 3 is 2.27 bits per heavy atom. The van der Waals surface area contributed by atoms with Crippen molar-refractivity contribution >= 4 is 11.9 Å². The van der Waals surface area contributed by atoms with Gasteiger partial charge in [-0.05, 0) is 31.2 Å². The van der Waals surface area contributed by atoms with E-state index in [2.05, 4.69) is 0 Å². The van der Waals surface area contributed by atoms with Crippen molar-refractivity contribution in [2.45, 2.75) is 13.1 Å². The number of nitrogens with zero attached hydrogens (tertiary/aromatic N) is 1. The SMILES string of the molecule is CC(C(=O)O)C(=O)N(C)CCOc1ccc(C(F)(F)F)cc1. The molecule has 0 aliphatic rings. The summed E-state index contributed by atoms with van der Waals surface area (Å²) in [6, 6.07) is 4.17. The average molecular weight is 319 g/mol. The zero-order chi connectivity index (χ0) is 16.9. The minimum absolute atomic E-state index is 0.0416. The van der Waals surface area contributed by atoms with E-state index in [1.807, 2.05) is 0 Å². The van der Waals surface area contributed by atoms with Crippen molar-refractivity contribution < 1.29 is 32.6 Å². The van der Waals surface area contributed by atoms with Gasteiger partial charge in [0.15, 0.2) is 0 Å². The van der Waals surface area contributed by atoms with Crippen LogP contribution >= 0.6 is 0 Å². The topological polar surface area (TPSA) is 66.8 Å². The quantitative estimate of drug-likeness (QED) is 0.817. The van der Waals surface area contributed by atoms with Crippen molar-refractivity contribution in [3.63, 3.8) is 0 Å². The van der Waals surface area contributed by atoms with E-state index in [0.717, 1.165) is 12.1 Å². The van der Waals surface area contributed by atoms with Gasteiger partial charge in [-0.2, -0.15) is 13.2 Å². The molecule has 0 aliphatic carbocycles. The summed E-state index contributed by atoms with van der Waals surface area (Å²) in [5.41, 5.74) is -0.776. The van der Waals surface area contributed by atoms with Crippen LogP contribution in [0.3, 0.4) is 0 Å². The highest BCUT2D eigenvalue weighted by Crippen LogP contribution is 2.30. The van der Waals surface area contributed by atoms with Gasteiger partial charge >= 0.3 is 12.1 Å². The van der Waals surface area contributed by atoms with E-state index in [4.69, 9.17) is 9.84 Å². The van der Waals surface area contributed by atoms with Gasteiger partial charge in [-0.25, -0.2) is 0 Å². The second-order valence-electron chi connectivity index (χ2n) is 4.69. The molecule has 0 spiro atoms. The van der Waals surface area contributed by atoms with Gasteiger partial charge in [0.05, 0.1) is 12.1 Å². The van der Waals surface area contributed by atoms with Crippen LogP contribution in [-0.2, 0) is 15.8 Å². The molecule has 0 aromatic heterocycles. The van der Waals surface area contributed by atoms with Crippen molar-refractivity contribution in [3.05, 3.63) is 29.8 Å². The lowest BCUT2D eigenvalue weighted by atomic mass is 10.1. The third-order valence-electron chi connectivity index (χ3n) is 2.99. The van der Waals surface area contributed by atoms with Crippen molar-refractivity contribution in [2.75, 3.05) is 20.2 Å². The Bertz CT molecular complexity index is 528. The second kappa shape index (κ2) is 7.15. The minimum Gasteiger partial charge on any atom is -0.492 e. The summed E-state index contributed by atoms with van der Waals surface area (Å²) < 4.78 is 42.3. The zero-order valence-electron chi connectivity index (χ0n) is 12.1. The van der Waals surface area contributed by atoms with Gasteiger partial charge < -0.3 is 14.7 Å². The number of alkyl halides is 3. The van der Waals surface area contributed by atoms with Crippen molar-refractivity contribution in [2.24, 2.45) is 5.92 Å². The largest absolute Gasteiger partial charge is 0.492 e. The van der Waals surface area contributed by atoms with Crippen LogP contribution in [-0.4, -0.2) is 42.1 Å². The molecule has 5 nitrogen and oxygen atoms in total. The van der Waals surface area contributed by atoms with Crippen LogP contribution in [0.2, 0.25) is 0 Å². The molecular formula is C14H16F3NO4. The first-order valence-electron chi connectivity index (χ1n) is 6.40. The highest BCUT2D eigenvalue weighted by atomic mass is 19.4. The number of carbonyl (C=O) groups excluding carboxylic acids is 1. The number of likely N-dealkylation sites (N-methyl/N-ethyl adjacent to an activating group) is 1. The molecule has 1 N–H and O–H groups in total. The number of hydrogen-bond donors (Lipinski definition) is 1. The van der Waals surface area contributed by atoms with Crippen molar-refractivity contribution in [1.29, 1.82) is 0 Å². The lowest BCUT2D eigenvalue weighted by molar-refractivity contribution is -0.149. The number of carboxylic acid groups (broad SMARTS) is 1. The van der Waals surface area contributed by atoms with Crippen LogP contribution in [0, 0.1) is 5.92 Å². The Hall–Kier alpha value is -2.25. The predicted octanol–water partition coefficient (Wildman–Crippen LogP) is 2.26. The summed E-state index contributed by atoms with van der Waals surface area (Å²) in [4.78, 5) is 23.5. The maximum absolute atomic E-state index is 12.4. The van der Waals surface area contributed by atoms with Crippen LogP contribution in [0.1, 0.15) is 12.5 Å². The number of hydrogen-bond acceptors (Lipinski definition) is 3. The number of aliphatic carboxylic acids is 1. The van der Waals surface area contributed by atoms with E-state index in [-0.39, 0.29) is 18.9 Å². The Morgan fingerprint density at radius 1 is 1.27 bits per heavy atom. The smallest absolute Gasteiger partial charge is 0.416 e. The normalized spacial score (nSPS) is 12.6. The molecule has 1 unspecified atom stereocenters. The summed E-state index contributed by atoms with van der Waals surface area (Å²) in [6.07, 6.45) is -4.40. The van der Waals surface area contributed by atoms with Crippen LogP contribution < -0.4 is 4.74 Å². The summed E-state index contributed by atoms with van der Waals surface area (Å²) in [7, 11) is 1.43. The number of benzene rings is 1. The van der Waals surface area contributed by atoms with E-state index >= 15 is 0 Å². The monoisotopic (exact) mass is 319 g/mol. The van der Waals surface area contributed by atoms with Gasteiger partial charge in [0, 0.05) is 7.05 Å². The maximum atomic E-state index is 12.4. The fourth-order valence-electron chi connectivity index (χ4n) is 1.59. The first-order valence-corrected chi connectivity index (χ1v) is 6.40. The molecule has 1 amide bonds. The molecule has 1 atom stereocenters. The third kappa shape index (κ3) is 4.94. The van der Waals surface area contributed by atoms with Crippen LogP contribution in [0.4, 0.5) is 13.2 Å². The molecule has 1 aromatic carbocycles. The molecule has 1 aromatic rings. The van der Waals surface area contributed by atoms with Gasteiger partial charge in [-0.15, -0.1) is 0 Å². The lowest BCUT2D eigenvalue weighted by Crippen LogP contribution is -2.37. The van der Waals surface area contributed by atoms with E-state index in [1.54, 1.807) is 0 Å². The Kier molecular flexibility index (Phi) is 5.78. The van der Waals surface area contributed by atoms with Gasteiger partial charge in [0.2, 0.25) is 5.91 Å². The number of amides is 1. The molecule has 0 radical (unpaired) electrons. The molecular weight excluding hydrogens is 303 g/mol. The Labute approximate surface area is 125 Å². The van der Waals surface area contributed by atoms with E-state index in [1.165, 1.54) is 31.0 Å². The number of halogens is 3. The fourth-order valence-corrected chi connectivity index (χ4v) is 1.59. The summed E-state index contributed by atoms with van der Waals surface area (Å²) in [6.45, 7) is 1.44. The van der Waals surface area contributed by atoms with Crippen molar-refractivity contribution in [3.8, 4) is 5.75 Å². The molecule has 0 saturated heterocycles. The van der Waals surface area contributed by atoms with Gasteiger partial charge in [-0.3, -0.25) is 9.59 Å². The molecule has 0 bridgehead atoms. The first-order chi connectivity index (χ1) is 10.1.